The zero-order valence-corrected chi connectivity index (χ0v) is 12.3. The number of nitrogens with zero attached hydrogens (tertiary/aromatic N) is 2. The summed E-state index contributed by atoms with van der Waals surface area (Å²) in [4.78, 5) is 0. The monoisotopic (exact) mass is 269 g/mol. The van der Waals surface area contributed by atoms with Gasteiger partial charge in [-0.2, -0.15) is 5.10 Å². The second kappa shape index (κ2) is 5.70. The first-order valence-corrected chi connectivity index (χ1v) is 7.54. The number of para-hydroxylation sites is 1. The van der Waals surface area contributed by atoms with Crippen LogP contribution in [0.3, 0.4) is 0 Å². The van der Waals surface area contributed by atoms with Crippen molar-refractivity contribution < 1.29 is 0 Å². The summed E-state index contributed by atoms with van der Waals surface area (Å²) in [5, 5.41) is 7.99. The average molecular weight is 269 g/mol. The van der Waals surface area contributed by atoms with E-state index in [9.17, 15) is 0 Å². The van der Waals surface area contributed by atoms with Crippen LogP contribution in [0.2, 0.25) is 0 Å². The number of hydrogen-bond acceptors (Lipinski definition) is 2. The minimum atomic E-state index is 0.640. The molecule has 0 amide bonds. The summed E-state index contributed by atoms with van der Waals surface area (Å²) in [6, 6.07) is 11.2. The van der Waals surface area contributed by atoms with Crippen molar-refractivity contribution in [2.24, 2.45) is 11.8 Å². The lowest BCUT2D eigenvalue weighted by Gasteiger charge is -2.39. The van der Waals surface area contributed by atoms with Gasteiger partial charge in [-0.3, -0.25) is 4.68 Å². The second-order valence-electron chi connectivity index (χ2n) is 6.18. The van der Waals surface area contributed by atoms with Gasteiger partial charge in [0.1, 0.15) is 0 Å². The molecule has 0 atom stereocenters. The first kappa shape index (κ1) is 13.2. The maximum atomic E-state index is 4.29. The zero-order valence-electron chi connectivity index (χ0n) is 12.3. The van der Waals surface area contributed by atoms with Gasteiger partial charge in [-0.25, -0.2) is 0 Å². The Morgan fingerprint density at radius 3 is 2.75 bits per heavy atom. The van der Waals surface area contributed by atoms with Crippen LogP contribution in [0.25, 0.3) is 0 Å². The number of nitrogens with one attached hydrogen (secondary N) is 1. The van der Waals surface area contributed by atoms with Crippen molar-refractivity contribution in [2.75, 3.05) is 5.32 Å². The maximum absolute atomic E-state index is 4.29. The third-order valence-electron chi connectivity index (χ3n) is 4.39. The number of benzene rings is 1. The van der Waals surface area contributed by atoms with Crippen LogP contribution in [-0.2, 0) is 6.54 Å². The molecule has 1 aromatic carbocycles. The van der Waals surface area contributed by atoms with Crippen LogP contribution in [0, 0.1) is 11.8 Å². The van der Waals surface area contributed by atoms with E-state index in [1.807, 2.05) is 23.1 Å². The molecule has 20 heavy (non-hydrogen) atoms. The van der Waals surface area contributed by atoms with Gasteiger partial charge < -0.3 is 5.32 Å². The molecule has 1 aliphatic rings. The second-order valence-corrected chi connectivity index (χ2v) is 6.18. The van der Waals surface area contributed by atoms with Crippen LogP contribution in [0.4, 0.5) is 5.69 Å². The molecule has 1 fully saturated rings. The average Bonchev–Trinajstić information content (AvgIpc) is 2.87. The smallest absolute Gasteiger partial charge is 0.0679 e. The maximum Gasteiger partial charge on any atom is 0.0679 e. The fourth-order valence-corrected chi connectivity index (χ4v) is 2.91. The molecule has 0 unspecified atom stereocenters. The quantitative estimate of drug-likeness (QED) is 0.895. The highest BCUT2D eigenvalue weighted by atomic mass is 15.3. The summed E-state index contributed by atoms with van der Waals surface area (Å²) < 4.78 is 1.97. The normalized spacial score (nSPS) is 21.8. The van der Waals surface area contributed by atoms with Gasteiger partial charge >= 0.3 is 0 Å². The predicted molar refractivity (Wildman–Crippen MR) is 82.7 cm³/mol. The summed E-state index contributed by atoms with van der Waals surface area (Å²) in [7, 11) is 0. The van der Waals surface area contributed by atoms with Crippen LogP contribution < -0.4 is 5.32 Å². The highest BCUT2D eigenvalue weighted by molar-refractivity contribution is 5.52. The molecule has 106 valence electrons. The number of rotatable bonds is 5. The Bertz CT molecular complexity index is 539. The summed E-state index contributed by atoms with van der Waals surface area (Å²) >= 11 is 0. The van der Waals surface area contributed by atoms with Gasteiger partial charge in [0.15, 0.2) is 0 Å². The van der Waals surface area contributed by atoms with Crippen molar-refractivity contribution >= 4 is 5.69 Å². The van der Waals surface area contributed by atoms with E-state index in [0.29, 0.717) is 6.04 Å². The Kier molecular flexibility index (Phi) is 3.77. The molecular weight excluding hydrogens is 246 g/mol. The summed E-state index contributed by atoms with van der Waals surface area (Å²) in [5.74, 6) is 1.71. The predicted octanol–water partition coefficient (Wildman–Crippen LogP) is 3.78. The molecule has 1 N–H and O–H groups in total. The third kappa shape index (κ3) is 2.87. The molecule has 1 aromatic heterocycles. The molecule has 1 heterocycles. The molecule has 0 spiro atoms. The van der Waals surface area contributed by atoms with Crippen molar-refractivity contribution in [3.63, 3.8) is 0 Å². The minimum Gasteiger partial charge on any atom is -0.382 e. The summed E-state index contributed by atoms with van der Waals surface area (Å²) in [6.07, 6.45) is 6.44. The van der Waals surface area contributed by atoms with Crippen molar-refractivity contribution in [3.05, 3.63) is 48.3 Å². The standard InChI is InChI=1S/C17H23N3/c1-13(2)15-10-16(11-15)19-17-7-4-3-6-14(17)12-20-9-5-8-18-20/h3-9,13,15-16,19H,10-12H2,1-2H3. The lowest BCUT2D eigenvalue weighted by molar-refractivity contribution is 0.211. The van der Waals surface area contributed by atoms with E-state index in [4.69, 9.17) is 0 Å². The lowest BCUT2D eigenvalue weighted by Crippen LogP contribution is -2.38. The number of anilines is 1. The molecule has 0 bridgehead atoms. The molecule has 1 aliphatic carbocycles. The van der Waals surface area contributed by atoms with Crippen LogP contribution in [-0.4, -0.2) is 15.8 Å². The summed E-state index contributed by atoms with van der Waals surface area (Å²) in [6.45, 7) is 5.48. The van der Waals surface area contributed by atoms with Gasteiger partial charge in [-0.1, -0.05) is 32.0 Å². The molecule has 3 rings (SSSR count). The Morgan fingerprint density at radius 1 is 1.25 bits per heavy atom. The largest absolute Gasteiger partial charge is 0.382 e. The fraction of sp³-hybridized carbons (Fsp3) is 0.471. The van der Waals surface area contributed by atoms with Crippen LogP contribution >= 0.6 is 0 Å². The van der Waals surface area contributed by atoms with Crippen LogP contribution in [0.5, 0.6) is 0 Å². The molecule has 0 radical (unpaired) electrons. The molecule has 1 saturated carbocycles. The molecule has 0 saturated heterocycles. The molecule has 0 aliphatic heterocycles. The van der Waals surface area contributed by atoms with Gasteiger partial charge in [0.2, 0.25) is 0 Å². The zero-order chi connectivity index (χ0) is 13.9. The molecule has 3 nitrogen and oxygen atoms in total. The highest BCUT2D eigenvalue weighted by Crippen LogP contribution is 2.36. The first-order valence-electron chi connectivity index (χ1n) is 7.54. The van der Waals surface area contributed by atoms with Gasteiger partial charge in [0.05, 0.1) is 6.54 Å². The Balaban J connectivity index is 1.65. The van der Waals surface area contributed by atoms with Gasteiger partial charge in [0.25, 0.3) is 0 Å². The van der Waals surface area contributed by atoms with Crippen molar-refractivity contribution in [1.29, 1.82) is 0 Å². The highest BCUT2D eigenvalue weighted by Gasteiger charge is 2.31. The van der Waals surface area contributed by atoms with E-state index in [1.54, 1.807) is 0 Å². The van der Waals surface area contributed by atoms with E-state index in [0.717, 1.165) is 18.4 Å². The van der Waals surface area contributed by atoms with Crippen molar-refractivity contribution in [1.82, 2.24) is 9.78 Å². The van der Waals surface area contributed by atoms with Crippen LogP contribution in [0.1, 0.15) is 32.3 Å². The fourth-order valence-electron chi connectivity index (χ4n) is 2.91. The topological polar surface area (TPSA) is 29.9 Å². The van der Waals surface area contributed by atoms with Crippen LogP contribution in [0.15, 0.2) is 42.7 Å². The Hall–Kier alpha value is -1.77. The van der Waals surface area contributed by atoms with E-state index < -0.39 is 0 Å². The number of hydrogen-bond donors (Lipinski definition) is 1. The lowest BCUT2D eigenvalue weighted by atomic mass is 9.73. The SMILES string of the molecule is CC(C)C1CC(Nc2ccccc2Cn2cccn2)C1. The van der Waals surface area contributed by atoms with Gasteiger partial charge in [-0.05, 0) is 42.4 Å². The molecular formula is C17H23N3. The Morgan fingerprint density at radius 2 is 2.05 bits per heavy atom. The minimum absolute atomic E-state index is 0.640. The van der Waals surface area contributed by atoms with Gasteiger partial charge in [0, 0.05) is 24.1 Å². The number of aromatic nitrogens is 2. The van der Waals surface area contributed by atoms with E-state index in [1.165, 1.54) is 24.1 Å². The van der Waals surface area contributed by atoms with E-state index in [-0.39, 0.29) is 0 Å². The molecule has 3 heteroatoms. The third-order valence-corrected chi connectivity index (χ3v) is 4.39. The van der Waals surface area contributed by atoms with Crippen molar-refractivity contribution in [3.8, 4) is 0 Å². The van der Waals surface area contributed by atoms with E-state index >= 15 is 0 Å². The Labute approximate surface area is 121 Å². The van der Waals surface area contributed by atoms with Gasteiger partial charge in [-0.15, -0.1) is 0 Å². The molecule has 2 aromatic rings. The summed E-state index contributed by atoms with van der Waals surface area (Å²) in [5.41, 5.74) is 2.57. The van der Waals surface area contributed by atoms with E-state index in [2.05, 4.69) is 48.5 Å². The van der Waals surface area contributed by atoms with Crippen molar-refractivity contribution in [2.45, 2.75) is 39.3 Å². The first-order chi connectivity index (χ1) is 9.72.